The number of carbonyl (C=O) groups is 1. The van der Waals surface area contributed by atoms with Crippen LogP contribution < -0.4 is 5.32 Å². The molecule has 2 heterocycles. The van der Waals surface area contributed by atoms with Crippen molar-refractivity contribution in [3.8, 4) is 23.4 Å². The van der Waals surface area contributed by atoms with Gasteiger partial charge in [-0.2, -0.15) is 0 Å². The second kappa shape index (κ2) is 9.20. The predicted octanol–water partition coefficient (Wildman–Crippen LogP) is 5.19. The molecule has 0 saturated heterocycles. The summed E-state index contributed by atoms with van der Waals surface area (Å²) in [5, 5.41) is 5.54. The van der Waals surface area contributed by atoms with Gasteiger partial charge in [-0.3, -0.25) is 10.1 Å². The first-order valence-corrected chi connectivity index (χ1v) is 8.76. The maximum absolute atomic E-state index is 13.6. The Morgan fingerprint density at radius 2 is 1.92 bits per heavy atom. The molecule has 25 heavy (non-hydrogen) atoms. The molecule has 2 aromatic heterocycles. The first kappa shape index (κ1) is 20.7. The van der Waals surface area contributed by atoms with Crippen LogP contribution in [0.4, 0.5) is 13.9 Å². The van der Waals surface area contributed by atoms with Gasteiger partial charge in [-0.15, -0.1) is 24.2 Å². The van der Waals surface area contributed by atoms with Crippen molar-refractivity contribution in [2.75, 3.05) is 5.32 Å². The summed E-state index contributed by atoms with van der Waals surface area (Å²) >= 11 is 2.73. The fourth-order valence-electron chi connectivity index (χ4n) is 1.89. The molecule has 0 radical (unpaired) electrons. The third-order valence-electron chi connectivity index (χ3n) is 2.93. The van der Waals surface area contributed by atoms with E-state index in [9.17, 15) is 13.6 Å². The van der Waals surface area contributed by atoms with Crippen LogP contribution in [0.5, 0.6) is 0 Å². The zero-order valence-electron chi connectivity index (χ0n) is 14.2. The SMILES string of the molecule is C#C.C/C=C(F)\C(C(=O)Nc1nc(C)c(-c2csc(C)n2)s1)=C(/C)F. The van der Waals surface area contributed by atoms with Gasteiger partial charge in [0.05, 0.1) is 21.3 Å². The van der Waals surface area contributed by atoms with Crippen molar-refractivity contribution in [1.82, 2.24) is 9.97 Å². The quantitative estimate of drug-likeness (QED) is 0.451. The van der Waals surface area contributed by atoms with Crippen LogP contribution in [0.1, 0.15) is 24.5 Å². The Bertz CT molecular complexity index is 843. The van der Waals surface area contributed by atoms with Crippen LogP contribution in [-0.2, 0) is 4.79 Å². The highest BCUT2D eigenvalue weighted by atomic mass is 32.1. The van der Waals surface area contributed by atoms with E-state index in [2.05, 4.69) is 28.1 Å². The molecule has 8 heteroatoms. The number of terminal acetylenes is 1. The van der Waals surface area contributed by atoms with Crippen molar-refractivity contribution in [3.05, 3.63) is 39.4 Å². The highest BCUT2D eigenvalue weighted by Gasteiger charge is 2.20. The lowest BCUT2D eigenvalue weighted by Crippen LogP contribution is -2.15. The van der Waals surface area contributed by atoms with Crippen molar-refractivity contribution in [3.63, 3.8) is 0 Å². The fourth-order valence-corrected chi connectivity index (χ4v) is 3.49. The zero-order valence-corrected chi connectivity index (χ0v) is 15.8. The lowest BCUT2D eigenvalue weighted by atomic mass is 10.2. The molecule has 0 saturated carbocycles. The van der Waals surface area contributed by atoms with E-state index < -0.39 is 23.1 Å². The second-order valence-electron chi connectivity index (χ2n) is 4.68. The second-order valence-corrected chi connectivity index (χ2v) is 6.75. The molecule has 0 aromatic carbocycles. The standard InChI is InChI=1S/C15H15F2N3OS2.C2H2/c1-5-10(17)12(7(2)16)14(21)20-15-18-8(3)13(23-15)11-6-22-9(4)19-11;1-2/h5-6H,1-4H3,(H,18,20,21);1-2H/b10-5+,12-7-;. The molecule has 0 aliphatic rings. The van der Waals surface area contributed by atoms with Crippen LogP contribution >= 0.6 is 22.7 Å². The van der Waals surface area contributed by atoms with E-state index in [1.165, 1.54) is 29.6 Å². The van der Waals surface area contributed by atoms with Gasteiger partial charge in [0.1, 0.15) is 17.2 Å². The molecular weight excluding hydrogens is 364 g/mol. The Morgan fingerprint density at radius 3 is 2.40 bits per heavy atom. The van der Waals surface area contributed by atoms with E-state index in [1.54, 1.807) is 6.92 Å². The number of hydrogen-bond acceptors (Lipinski definition) is 5. The van der Waals surface area contributed by atoms with Gasteiger partial charge in [0.2, 0.25) is 0 Å². The van der Waals surface area contributed by atoms with Crippen LogP contribution in [0, 0.1) is 26.7 Å². The molecule has 0 unspecified atom stereocenters. The summed E-state index contributed by atoms with van der Waals surface area (Å²) in [6.45, 7) is 6.12. The van der Waals surface area contributed by atoms with Crippen LogP contribution in [0.25, 0.3) is 10.6 Å². The van der Waals surface area contributed by atoms with E-state index in [4.69, 9.17) is 0 Å². The normalized spacial score (nSPS) is 12.1. The molecule has 2 rings (SSSR count). The van der Waals surface area contributed by atoms with Crippen LogP contribution in [0.15, 0.2) is 28.7 Å². The number of aryl methyl sites for hydroxylation is 2. The van der Waals surface area contributed by atoms with Crippen molar-refractivity contribution < 1.29 is 13.6 Å². The Morgan fingerprint density at radius 1 is 1.28 bits per heavy atom. The summed E-state index contributed by atoms with van der Waals surface area (Å²) in [5.41, 5.74) is 0.857. The van der Waals surface area contributed by atoms with E-state index >= 15 is 0 Å². The van der Waals surface area contributed by atoms with Gasteiger partial charge in [-0.25, -0.2) is 18.7 Å². The summed E-state index contributed by atoms with van der Waals surface area (Å²) < 4.78 is 27.1. The molecule has 0 aliphatic heterocycles. The molecule has 1 amide bonds. The van der Waals surface area contributed by atoms with Crippen molar-refractivity contribution >= 4 is 33.7 Å². The molecule has 0 fully saturated rings. The smallest absolute Gasteiger partial charge is 0.263 e. The van der Waals surface area contributed by atoms with Gasteiger partial charge in [-0.05, 0) is 27.7 Å². The number of carbonyl (C=O) groups excluding carboxylic acids is 1. The van der Waals surface area contributed by atoms with Gasteiger partial charge < -0.3 is 0 Å². The molecule has 0 aliphatic carbocycles. The minimum atomic E-state index is -0.911. The summed E-state index contributed by atoms with van der Waals surface area (Å²) in [6, 6.07) is 0. The van der Waals surface area contributed by atoms with Gasteiger partial charge in [0.25, 0.3) is 5.91 Å². The molecular formula is C17H17F2N3OS2. The zero-order chi connectivity index (χ0) is 19.1. The van der Waals surface area contributed by atoms with Crippen LogP contribution in [0.2, 0.25) is 0 Å². The number of anilines is 1. The van der Waals surface area contributed by atoms with E-state index in [1.807, 2.05) is 12.3 Å². The Balaban J connectivity index is 0.00000151. The van der Waals surface area contributed by atoms with Gasteiger partial charge in [0, 0.05) is 5.38 Å². The van der Waals surface area contributed by atoms with E-state index in [-0.39, 0.29) is 5.13 Å². The van der Waals surface area contributed by atoms with E-state index in [0.717, 1.165) is 28.6 Å². The van der Waals surface area contributed by atoms with Crippen molar-refractivity contribution in [2.24, 2.45) is 0 Å². The fraction of sp³-hybridized carbons (Fsp3) is 0.235. The molecule has 1 N–H and O–H groups in total. The Hall–Kier alpha value is -2.37. The largest absolute Gasteiger partial charge is 0.298 e. The maximum Gasteiger partial charge on any atom is 0.263 e. The molecule has 0 spiro atoms. The lowest BCUT2D eigenvalue weighted by Gasteiger charge is -2.05. The minimum Gasteiger partial charge on any atom is -0.298 e. The third-order valence-corrected chi connectivity index (χ3v) is 4.80. The number of halogens is 2. The first-order chi connectivity index (χ1) is 11.8. The van der Waals surface area contributed by atoms with Crippen molar-refractivity contribution in [2.45, 2.75) is 27.7 Å². The lowest BCUT2D eigenvalue weighted by molar-refractivity contribution is -0.112. The minimum absolute atomic E-state index is 0.274. The molecule has 2 aromatic rings. The number of aromatic nitrogens is 2. The van der Waals surface area contributed by atoms with Gasteiger partial charge in [0.15, 0.2) is 5.13 Å². The summed E-state index contributed by atoms with van der Waals surface area (Å²) in [5.74, 6) is -2.66. The van der Waals surface area contributed by atoms with Crippen LogP contribution in [-0.4, -0.2) is 15.9 Å². The molecule has 0 atom stereocenters. The highest BCUT2D eigenvalue weighted by molar-refractivity contribution is 7.19. The number of allylic oxidation sites excluding steroid dienone is 2. The third kappa shape index (κ3) is 5.05. The molecule has 4 nitrogen and oxygen atoms in total. The number of amides is 1. The summed E-state index contributed by atoms with van der Waals surface area (Å²) in [4.78, 5) is 21.5. The molecule has 0 bridgehead atoms. The van der Waals surface area contributed by atoms with Gasteiger partial charge in [-0.1, -0.05) is 17.4 Å². The predicted molar refractivity (Wildman–Crippen MR) is 99.9 cm³/mol. The molecule has 132 valence electrons. The highest BCUT2D eigenvalue weighted by Crippen LogP contribution is 2.33. The van der Waals surface area contributed by atoms with E-state index in [0.29, 0.717) is 5.69 Å². The number of nitrogens with zero attached hydrogens (tertiary/aromatic N) is 2. The summed E-state index contributed by atoms with van der Waals surface area (Å²) in [6.07, 6.45) is 9.04. The number of nitrogens with one attached hydrogen (secondary N) is 1. The number of hydrogen-bond donors (Lipinski definition) is 1. The average Bonchev–Trinajstić information content (AvgIpc) is 3.14. The maximum atomic E-state index is 13.6. The topological polar surface area (TPSA) is 54.9 Å². The first-order valence-electron chi connectivity index (χ1n) is 7.06. The number of rotatable bonds is 4. The number of thiazole rings is 2. The summed E-state index contributed by atoms with van der Waals surface area (Å²) in [7, 11) is 0. The Labute approximate surface area is 153 Å². The van der Waals surface area contributed by atoms with Crippen molar-refractivity contribution in [1.29, 1.82) is 0 Å². The van der Waals surface area contributed by atoms with Gasteiger partial charge >= 0.3 is 0 Å². The average molecular weight is 381 g/mol. The monoisotopic (exact) mass is 381 g/mol. The Kier molecular flexibility index (Phi) is 7.61. The van der Waals surface area contributed by atoms with Crippen LogP contribution in [0.3, 0.4) is 0 Å².